The maximum absolute atomic E-state index is 12.8. The number of carbonyl (C=O) groups is 1. The number of hydrogen-bond acceptors (Lipinski definition) is 6. The predicted octanol–water partition coefficient (Wildman–Crippen LogP) is 4.96. The number of carbonyl (C=O) groups excluding carboxylic acids is 1. The van der Waals surface area contributed by atoms with Gasteiger partial charge in [0, 0.05) is 18.3 Å². The summed E-state index contributed by atoms with van der Waals surface area (Å²) in [5, 5.41) is 3.08. The Morgan fingerprint density at radius 3 is 2.32 bits per heavy atom. The lowest BCUT2D eigenvalue weighted by Crippen LogP contribution is -2.13. The molecule has 0 aliphatic carbocycles. The molecule has 0 radical (unpaired) electrons. The summed E-state index contributed by atoms with van der Waals surface area (Å²) in [5.74, 6) is 0.513. The van der Waals surface area contributed by atoms with Crippen LogP contribution in [-0.4, -0.2) is 29.7 Å². The van der Waals surface area contributed by atoms with Crippen molar-refractivity contribution in [2.45, 2.75) is 19.6 Å². The van der Waals surface area contributed by atoms with Crippen LogP contribution in [0.2, 0.25) is 0 Å². The van der Waals surface area contributed by atoms with E-state index in [9.17, 15) is 18.0 Å². The lowest BCUT2D eigenvalue weighted by atomic mass is 10.1. The maximum Gasteiger partial charge on any atom is 0.416 e. The topological polar surface area (TPSA) is 73.3 Å². The van der Waals surface area contributed by atoms with Crippen molar-refractivity contribution < 1.29 is 27.4 Å². The fraction of sp³-hybridized carbons (Fsp3) is 0.227. The summed E-state index contributed by atoms with van der Waals surface area (Å²) >= 11 is 0. The Bertz CT molecular complexity index is 1040. The molecule has 0 spiro atoms. The molecule has 0 saturated carbocycles. The number of alkyl halides is 3. The zero-order chi connectivity index (χ0) is 22.4. The van der Waals surface area contributed by atoms with Crippen molar-refractivity contribution in [2.75, 3.05) is 19.0 Å². The second kappa shape index (κ2) is 9.46. The van der Waals surface area contributed by atoms with Gasteiger partial charge in [-0.3, -0.25) is 0 Å². The molecule has 3 rings (SSSR count). The van der Waals surface area contributed by atoms with Crippen molar-refractivity contribution in [3.63, 3.8) is 0 Å². The third-order valence-corrected chi connectivity index (χ3v) is 4.37. The van der Waals surface area contributed by atoms with E-state index in [1.807, 2.05) is 12.1 Å². The van der Waals surface area contributed by atoms with Gasteiger partial charge in [0.1, 0.15) is 17.1 Å². The second-order valence-electron chi connectivity index (χ2n) is 6.45. The molecule has 162 valence electrons. The van der Waals surface area contributed by atoms with E-state index < -0.39 is 17.7 Å². The van der Waals surface area contributed by atoms with Gasteiger partial charge < -0.3 is 14.8 Å². The van der Waals surface area contributed by atoms with Gasteiger partial charge in [0.05, 0.1) is 19.3 Å². The Hall–Kier alpha value is -3.62. The first kappa shape index (κ1) is 22.1. The van der Waals surface area contributed by atoms with Gasteiger partial charge in [-0.2, -0.15) is 13.2 Å². The smallest absolute Gasteiger partial charge is 0.416 e. The summed E-state index contributed by atoms with van der Waals surface area (Å²) in [5.41, 5.74) is 0.657. The van der Waals surface area contributed by atoms with Crippen molar-refractivity contribution in [3.05, 3.63) is 71.4 Å². The molecular weight excluding hydrogens is 411 g/mol. The molecule has 1 aromatic heterocycles. The molecule has 0 aliphatic rings. The van der Waals surface area contributed by atoms with Crippen LogP contribution in [-0.2, 0) is 17.5 Å². The minimum atomic E-state index is -4.43. The van der Waals surface area contributed by atoms with Crippen LogP contribution >= 0.6 is 0 Å². The first-order valence-corrected chi connectivity index (χ1v) is 9.40. The Labute approximate surface area is 177 Å². The highest BCUT2D eigenvalue weighted by atomic mass is 19.4. The Morgan fingerprint density at radius 1 is 1.06 bits per heavy atom. The molecule has 0 atom stereocenters. The minimum Gasteiger partial charge on any atom is -0.497 e. The molecule has 6 nitrogen and oxygen atoms in total. The molecule has 1 heterocycles. The summed E-state index contributed by atoms with van der Waals surface area (Å²) < 4.78 is 48.6. The minimum absolute atomic E-state index is 0.131. The van der Waals surface area contributed by atoms with Crippen LogP contribution in [0.25, 0.3) is 11.4 Å². The highest BCUT2D eigenvalue weighted by molar-refractivity contribution is 5.94. The van der Waals surface area contributed by atoms with Crippen LogP contribution in [0.15, 0.2) is 54.7 Å². The van der Waals surface area contributed by atoms with Gasteiger partial charge in [-0.05, 0) is 36.8 Å². The first-order chi connectivity index (χ1) is 14.8. The molecule has 0 unspecified atom stereocenters. The number of anilines is 1. The largest absolute Gasteiger partial charge is 0.497 e. The monoisotopic (exact) mass is 431 g/mol. The summed E-state index contributed by atoms with van der Waals surface area (Å²) in [6, 6.07) is 11.8. The quantitative estimate of drug-likeness (QED) is 0.533. The molecule has 0 fully saturated rings. The zero-order valence-corrected chi connectivity index (χ0v) is 16.9. The van der Waals surface area contributed by atoms with Gasteiger partial charge in [0.25, 0.3) is 0 Å². The highest BCUT2D eigenvalue weighted by Gasteiger charge is 2.30. The fourth-order valence-corrected chi connectivity index (χ4v) is 2.75. The van der Waals surface area contributed by atoms with Crippen molar-refractivity contribution in [2.24, 2.45) is 0 Å². The number of ether oxygens (including phenoxy) is 2. The number of esters is 1. The third kappa shape index (κ3) is 5.50. The molecule has 9 heteroatoms. The van der Waals surface area contributed by atoms with Crippen LogP contribution < -0.4 is 10.1 Å². The average Bonchev–Trinajstić information content (AvgIpc) is 2.77. The zero-order valence-electron chi connectivity index (χ0n) is 16.9. The molecule has 0 aliphatic heterocycles. The van der Waals surface area contributed by atoms with Gasteiger partial charge in [-0.25, -0.2) is 14.8 Å². The number of nitrogens with one attached hydrogen (secondary N) is 1. The van der Waals surface area contributed by atoms with E-state index in [1.54, 1.807) is 26.2 Å². The van der Waals surface area contributed by atoms with E-state index in [4.69, 9.17) is 9.47 Å². The van der Waals surface area contributed by atoms with Crippen molar-refractivity contribution >= 4 is 11.8 Å². The average molecular weight is 431 g/mol. The number of halogens is 3. The molecule has 0 saturated heterocycles. The number of nitrogens with zero attached hydrogens (tertiary/aromatic N) is 2. The number of rotatable bonds is 7. The van der Waals surface area contributed by atoms with E-state index >= 15 is 0 Å². The molecular formula is C22H20F3N3O3. The van der Waals surface area contributed by atoms with Gasteiger partial charge in [0.15, 0.2) is 5.82 Å². The van der Waals surface area contributed by atoms with Crippen LogP contribution in [0.1, 0.15) is 28.4 Å². The normalized spacial score (nSPS) is 11.1. The number of benzene rings is 2. The van der Waals surface area contributed by atoms with Crippen molar-refractivity contribution in [1.29, 1.82) is 0 Å². The SMILES string of the molecule is CCOC(=O)c1cnc(-c2ccc(C(F)(F)F)cc2)nc1NCc1ccc(OC)cc1. The van der Waals surface area contributed by atoms with Crippen LogP contribution in [0.4, 0.5) is 19.0 Å². The maximum atomic E-state index is 12.8. The Balaban J connectivity index is 1.89. The van der Waals surface area contributed by atoms with E-state index in [0.717, 1.165) is 17.7 Å². The van der Waals surface area contributed by atoms with Gasteiger partial charge in [-0.1, -0.05) is 24.3 Å². The molecule has 31 heavy (non-hydrogen) atoms. The molecule has 3 aromatic rings. The van der Waals surface area contributed by atoms with Crippen LogP contribution in [0.3, 0.4) is 0 Å². The lowest BCUT2D eigenvalue weighted by Gasteiger charge is -2.13. The van der Waals surface area contributed by atoms with E-state index in [1.165, 1.54) is 18.3 Å². The van der Waals surface area contributed by atoms with Gasteiger partial charge in [0.2, 0.25) is 0 Å². The van der Waals surface area contributed by atoms with E-state index in [-0.39, 0.29) is 23.8 Å². The molecule has 0 amide bonds. The first-order valence-electron chi connectivity index (χ1n) is 9.40. The van der Waals surface area contributed by atoms with Crippen molar-refractivity contribution in [3.8, 4) is 17.1 Å². The summed E-state index contributed by atoms with van der Waals surface area (Å²) in [7, 11) is 1.57. The lowest BCUT2D eigenvalue weighted by molar-refractivity contribution is -0.137. The van der Waals surface area contributed by atoms with Gasteiger partial charge in [-0.15, -0.1) is 0 Å². The molecule has 2 aromatic carbocycles. The third-order valence-electron chi connectivity index (χ3n) is 4.37. The van der Waals surface area contributed by atoms with Crippen LogP contribution in [0.5, 0.6) is 5.75 Å². The number of methoxy groups -OCH3 is 1. The number of aromatic nitrogens is 2. The fourth-order valence-electron chi connectivity index (χ4n) is 2.75. The summed E-state index contributed by atoms with van der Waals surface area (Å²) in [4.78, 5) is 20.8. The second-order valence-corrected chi connectivity index (χ2v) is 6.45. The van der Waals surface area contributed by atoms with Crippen LogP contribution in [0, 0.1) is 0 Å². The highest BCUT2D eigenvalue weighted by Crippen LogP contribution is 2.30. The number of hydrogen-bond donors (Lipinski definition) is 1. The van der Waals surface area contributed by atoms with E-state index in [0.29, 0.717) is 17.9 Å². The van der Waals surface area contributed by atoms with Crippen molar-refractivity contribution in [1.82, 2.24) is 9.97 Å². The molecule has 1 N–H and O–H groups in total. The predicted molar refractivity (Wildman–Crippen MR) is 109 cm³/mol. The Morgan fingerprint density at radius 2 is 1.74 bits per heavy atom. The van der Waals surface area contributed by atoms with E-state index in [2.05, 4.69) is 15.3 Å². The Kier molecular flexibility index (Phi) is 6.74. The standard InChI is InChI=1S/C22H20F3N3O3/c1-3-31-21(29)18-13-27-19(15-6-8-16(9-7-15)22(23,24)25)28-20(18)26-12-14-4-10-17(30-2)11-5-14/h4-11,13H,3,12H2,1-2H3,(H,26,27,28). The summed E-state index contributed by atoms with van der Waals surface area (Å²) in [6.45, 7) is 2.21. The van der Waals surface area contributed by atoms with Gasteiger partial charge >= 0.3 is 12.1 Å². The summed E-state index contributed by atoms with van der Waals surface area (Å²) in [6.07, 6.45) is -3.13. The molecule has 0 bridgehead atoms.